The third-order valence-corrected chi connectivity index (χ3v) is 6.43. The van der Waals surface area contributed by atoms with Crippen molar-refractivity contribution in [2.75, 3.05) is 51.2 Å². The number of piperazine rings is 1. The molecule has 0 bridgehead atoms. The number of aliphatic imine (C=N–C) groups is 1. The van der Waals surface area contributed by atoms with Crippen LogP contribution in [0.1, 0.15) is 46.0 Å². The Labute approximate surface area is 176 Å². The Bertz CT molecular complexity index is 603. The minimum atomic E-state index is 0.574. The van der Waals surface area contributed by atoms with Crippen LogP contribution in [0.25, 0.3) is 0 Å². The summed E-state index contributed by atoms with van der Waals surface area (Å²) < 4.78 is 0. The molecule has 0 amide bonds. The number of aromatic nitrogens is 2. The van der Waals surface area contributed by atoms with Crippen LogP contribution < -0.4 is 15.5 Å². The van der Waals surface area contributed by atoms with Crippen LogP contribution in [-0.4, -0.2) is 73.2 Å². The second kappa shape index (κ2) is 11.3. The Morgan fingerprint density at radius 2 is 1.79 bits per heavy atom. The van der Waals surface area contributed by atoms with E-state index in [0.29, 0.717) is 6.04 Å². The molecule has 7 nitrogen and oxygen atoms in total. The van der Waals surface area contributed by atoms with E-state index in [1.54, 1.807) is 0 Å². The van der Waals surface area contributed by atoms with Crippen LogP contribution in [0.4, 0.5) is 5.95 Å². The molecule has 29 heavy (non-hydrogen) atoms. The topological polar surface area (TPSA) is 68.7 Å². The van der Waals surface area contributed by atoms with E-state index in [0.717, 1.165) is 69.4 Å². The largest absolute Gasteiger partial charge is 0.356 e. The van der Waals surface area contributed by atoms with Crippen molar-refractivity contribution >= 4 is 11.9 Å². The summed E-state index contributed by atoms with van der Waals surface area (Å²) in [5, 5.41) is 7.14. The van der Waals surface area contributed by atoms with E-state index in [1.165, 1.54) is 25.7 Å². The molecule has 0 radical (unpaired) electrons. The van der Waals surface area contributed by atoms with Crippen molar-refractivity contribution in [3.8, 4) is 0 Å². The molecule has 1 saturated heterocycles. The van der Waals surface area contributed by atoms with E-state index in [-0.39, 0.29) is 0 Å². The molecule has 162 valence electrons. The molecular formula is C22H39N7. The van der Waals surface area contributed by atoms with Gasteiger partial charge in [-0.2, -0.15) is 0 Å². The fraction of sp³-hybridized carbons (Fsp3) is 0.773. The number of anilines is 1. The zero-order chi connectivity index (χ0) is 20.5. The van der Waals surface area contributed by atoms with Crippen LogP contribution in [0.2, 0.25) is 0 Å². The van der Waals surface area contributed by atoms with Crippen molar-refractivity contribution in [3.63, 3.8) is 0 Å². The monoisotopic (exact) mass is 401 g/mol. The molecule has 2 aliphatic rings. The first kappa shape index (κ1) is 21.8. The summed E-state index contributed by atoms with van der Waals surface area (Å²) in [6.07, 6.45) is 9.97. The highest BCUT2D eigenvalue weighted by molar-refractivity contribution is 5.79. The standard InChI is InChI=1S/C22H39N7/c1-18(2)19-6-8-20(9-7-19)27-21(23-3)24-12-5-13-28-14-16-29(17-15-28)22-25-10-4-11-26-22/h4,10-11,18-20H,5-9,12-17H2,1-3H3,(H2,23,24,27). The summed E-state index contributed by atoms with van der Waals surface area (Å²) in [6, 6.07) is 2.44. The SMILES string of the molecule is CN=C(NCCCN1CCN(c2ncccn2)CC1)NC1CCC(C(C)C)CC1. The molecule has 1 aliphatic carbocycles. The zero-order valence-electron chi connectivity index (χ0n) is 18.5. The minimum absolute atomic E-state index is 0.574. The van der Waals surface area contributed by atoms with E-state index < -0.39 is 0 Å². The molecule has 3 rings (SSSR count). The van der Waals surface area contributed by atoms with E-state index in [4.69, 9.17) is 0 Å². The van der Waals surface area contributed by atoms with Crippen LogP contribution in [0.3, 0.4) is 0 Å². The predicted molar refractivity (Wildman–Crippen MR) is 120 cm³/mol. The van der Waals surface area contributed by atoms with Gasteiger partial charge in [-0.3, -0.25) is 9.89 Å². The van der Waals surface area contributed by atoms with E-state index in [9.17, 15) is 0 Å². The number of nitrogens with one attached hydrogen (secondary N) is 2. The lowest BCUT2D eigenvalue weighted by atomic mass is 9.80. The maximum Gasteiger partial charge on any atom is 0.225 e. The van der Waals surface area contributed by atoms with Crippen LogP contribution in [-0.2, 0) is 0 Å². The Morgan fingerprint density at radius 3 is 2.41 bits per heavy atom. The van der Waals surface area contributed by atoms with Gasteiger partial charge >= 0.3 is 0 Å². The molecule has 2 heterocycles. The van der Waals surface area contributed by atoms with Crippen LogP contribution in [0.5, 0.6) is 0 Å². The third-order valence-electron chi connectivity index (χ3n) is 6.43. The van der Waals surface area contributed by atoms with Gasteiger partial charge in [-0.05, 0) is 56.6 Å². The van der Waals surface area contributed by atoms with E-state index in [1.807, 2.05) is 25.5 Å². The van der Waals surface area contributed by atoms with E-state index in [2.05, 4.69) is 49.2 Å². The molecule has 0 aromatic carbocycles. The van der Waals surface area contributed by atoms with Gasteiger partial charge in [0.1, 0.15) is 0 Å². The Kier molecular flexibility index (Phi) is 8.52. The van der Waals surface area contributed by atoms with Crippen molar-refractivity contribution < 1.29 is 0 Å². The lowest BCUT2D eigenvalue weighted by Gasteiger charge is -2.34. The second-order valence-corrected chi connectivity index (χ2v) is 8.73. The summed E-state index contributed by atoms with van der Waals surface area (Å²) in [4.78, 5) is 17.9. The van der Waals surface area contributed by atoms with E-state index >= 15 is 0 Å². The maximum absolute atomic E-state index is 4.42. The maximum atomic E-state index is 4.42. The van der Waals surface area contributed by atoms with Gasteiger partial charge in [0.2, 0.25) is 5.95 Å². The first-order chi connectivity index (χ1) is 14.2. The highest BCUT2D eigenvalue weighted by Gasteiger charge is 2.23. The molecule has 2 fully saturated rings. The lowest BCUT2D eigenvalue weighted by molar-refractivity contribution is 0.249. The summed E-state index contributed by atoms with van der Waals surface area (Å²) in [6.45, 7) is 10.9. The van der Waals surface area contributed by atoms with Crippen molar-refractivity contribution in [2.24, 2.45) is 16.8 Å². The van der Waals surface area contributed by atoms with Crippen LogP contribution in [0.15, 0.2) is 23.5 Å². The van der Waals surface area contributed by atoms with Gasteiger partial charge in [-0.25, -0.2) is 9.97 Å². The van der Waals surface area contributed by atoms with Gasteiger partial charge in [0.05, 0.1) is 0 Å². The normalized spacial score (nSPS) is 24.0. The minimum Gasteiger partial charge on any atom is -0.356 e. The van der Waals surface area contributed by atoms with Crippen molar-refractivity contribution in [2.45, 2.75) is 52.0 Å². The molecule has 1 aromatic heterocycles. The molecular weight excluding hydrogens is 362 g/mol. The number of hydrogen-bond donors (Lipinski definition) is 2. The predicted octanol–water partition coefficient (Wildman–Crippen LogP) is 2.37. The van der Waals surface area contributed by atoms with Gasteiger partial charge in [0, 0.05) is 58.2 Å². The summed E-state index contributed by atoms with van der Waals surface area (Å²) in [5.74, 6) is 3.53. The summed E-state index contributed by atoms with van der Waals surface area (Å²) >= 11 is 0. The smallest absolute Gasteiger partial charge is 0.225 e. The number of guanidine groups is 1. The number of nitrogens with zero attached hydrogens (tertiary/aromatic N) is 5. The first-order valence-electron chi connectivity index (χ1n) is 11.4. The van der Waals surface area contributed by atoms with Gasteiger partial charge in [0.15, 0.2) is 5.96 Å². The Hall–Kier alpha value is -1.89. The number of hydrogen-bond acceptors (Lipinski definition) is 5. The first-order valence-corrected chi connectivity index (χ1v) is 11.4. The summed E-state index contributed by atoms with van der Waals surface area (Å²) in [7, 11) is 1.87. The highest BCUT2D eigenvalue weighted by Crippen LogP contribution is 2.29. The fourth-order valence-electron chi connectivity index (χ4n) is 4.45. The molecule has 1 aliphatic heterocycles. The van der Waals surface area contributed by atoms with Crippen molar-refractivity contribution in [3.05, 3.63) is 18.5 Å². The molecule has 0 spiro atoms. The molecule has 1 saturated carbocycles. The number of rotatable bonds is 7. The Balaban J connectivity index is 1.28. The average Bonchev–Trinajstić information content (AvgIpc) is 2.77. The third kappa shape index (κ3) is 6.84. The van der Waals surface area contributed by atoms with Crippen LogP contribution in [0, 0.1) is 11.8 Å². The lowest BCUT2D eigenvalue weighted by Crippen LogP contribution is -2.48. The quantitative estimate of drug-likeness (QED) is 0.415. The summed E-state index contributed by atoms with van der Waals surface area (Å²) in [5.41, 5.74) is 0. The highest BCUT2D eigenvalue weighted by atomic mass is 15.3. The average molecular weight is 402 g/mol. The van der Waals surface area contributed by atoms with Crippen molar-refractivity contribution in [1.82, 2.24) is 25.5 Å². The van der Waals surface area contributed by atoms with Gasteiger partial charge in [-0.15, -0.1) is 0 Å². The van der Waals surface area contributed by atoms with Gasteiger partial charge in [0.25, 0.3) is 0 Å². The second-order valence-electron chi connectivity index (χ2n) is 8.73. The van der Waals surface area contributed by atoms with Gasteiger partial charge < -0.3 is 15.5 Å². The zero-order valence-corrected chi connectivity index (χ0v) is 18.5. The van der Waals surface area contributed by atoms with Crippen LogP contribution >= 0.6 is 0 Å². The molecule has 1 aromatic rings. The fourth-order valence-corrected chi connectivity index (χ4v) is 4.45. The van der Waals surface area contributed by atoms with Crippen molar-refractivity contribution in [1.29, 1.82) is 0 Å². The molecule has 7 heteroatoms. The Morgan fingerprint density at radius 1 is 1.10 bits per heavy atom. The van der Waals surface area contributed by atoms with Gasteiger partial charge in [-0.1, -0.05) is 13.8 Å². The molecule has 2 N–H and O–H groups in total. The molecule has 0 atom stereocenters. The molecule has 0 unspecified atom stereocenters.